The van der Waals surface area contributed by atoms with Gasteiger partial charge in [-0.05, 0) is 31.4 Å². The van der Waals surface area contributed by atoms with Gasteiger partial charge in [-0.2, -0.15) is 0 Å². The lowest BCUT2D eigenvalue weighted by atomic mass is 10.1. The number of benzene rings is 1. The lowest BCUT2D eigenvalue weighted by Crippen LogP contribution is -2.45. The van der Waals surface area contributed by atoms with Crippen LogP contribution in [0.4, 0.5) is 10.5 Å². The van der Waals surface area contributed by atoms with E-state index in [0.717, 1.165) is 36.3 Å². The molecule has 0 fully saturated rings. The molecule has 0 radical (unpaired) electrons. The highest BCUT2D eigenvalue weighted by Gasteiger charge is 2.10. The summed E-state index contributed by atoms with van der Waals surface area (Å²) in [6.07, 6.45) is 1.00. The molecular weight excluding hydrogens is 264 g/mol. The summed E-state index contributed by atoms with van der Waals surface area (Å²) in [4.78, 5) is 16.0. The van der Waals surface area contributed by atoms with Crippen LogP contribution in [-0.2, 0) is 0 Å². The van der Waals surface area contributed by atoms with E-state index in [1.54, 1.807) is 0 Å². The van der Waals surface area contributed by atoms with E-state index in [1.807, 2.05) is 32.0 Å². The Bertz CT molecular complexity index is 467. The van der Waals surface area contributed by atoms with Gasteiger partial charge < -0.3 is 10.6 Å². The number of rotatable bonds is 1. The average Bonchev–Trinajstić information content (AvgIpc) is 2.35. The quantitative estimate of drug-likeness (QED) is 0.739. The van der Waals surface area contributed by atoms with E-state index >= 15 is 0 Å². The Morgan fingerprint density at radius 3 is 2.53 bits per heavy atom. The van der Waals surface area contributed by atoms with Crippen molar-refractivity contribution in [2.24, 2.45) is 4.99 Å². The Labute approximate surface area is 119 Å². The molecule has 104 valence electrons. The summed E-state index contributed by atoms with van der Waals surface area (Å²) in [5, 5.41) is 8.61. The van der Waals surface area contributed by atoms with Crippen molar-refractivity contribution in [1.29, 1.82) is 0 Å². The number of amides is 2. The third-order valence-corrected chi connectivity index (χ3v) is 2.85. The maximum Gasteiger partial charge on any atom is 0.326 e. The van der Waals surface area contributed by atoms with Gasteiger partial charge in [-0.15, -0.1) is 12.4 Å². The molecule has 1 aromatic rings. The zero-order valence-electron chi connectivity index (χ0n) is 11.1. The summed E-state index contributed by atoms with van der Waals surface area (Å²) >= 11 is 0. The smallest absolute Gasteiger partial charge is 0.326 e. The number of carbonyl (C=O) groups is 1. The van der Waals surface area contributed by atoms with Crippen LogP contribution in [-0.4, -0.2) is 25.1 Å². The highest BCUT2D eigenvalue weighted by Crippen LogP contribution is 2.18. The maximum absolute atomic E-state index is 11.8. The highest BCUT2D eigenvalue weighted by atomic mass is 35.5. The number of aryl methyl sites for hydroxylation is 2. The average molecular weight is 283 g/mol. The fraction of sp³-hybridized carbons (Fsp3) is 0.385. The standard InChI is InChI=1S/C13H18N4O.ClH/c1-9-5-3-6-10(2)11(9)16-13(18)17-12-14-7-4-8-15-12;/h3,5-6H,4,7-8H2,1-2H3,(H3,14,15,16,17,18);1H. The van der Waals surface area contributed by atoms with Gasteiger partial charge in [0, 0.05) is 18.8 Å². The topological polar surface area (TPSA) is 65.5 Å². The summed E-state index contributed by atoms with van der Waals surface area (Å²) in [5.41, 5.74) is 2.94. The Morgan fingerprint density at radius 2 is 1.95 bits per heavy atom. The Kier molecular flexibility index (Phi) is 5.63. The first-order valence-electron chi connectivity index (χ1n) is 6.09. The normalized spacial score (nSPS) is 13.7. The minimum Gasteiger partial charge on any atom is -0.356 e. The zero-order valence-corrected chi connectivity index (χ0v) is 11.9. The van der Waals surface area contributed by atoms with Crippen LogP contribution in [0.1, 0.15) is 17.5 Å². The molecule has 1 heterocycles. The lowest BCUT2D eigenvalue weighted by Gasteiger charge is -2.16. The van der Waals surface area contributed by atoms with Crippen molar-refractivity contribution < 1.29 is 4.79 Å². The third-order valence-electron chi connectivity index (χ3n) is 2.85. The van der Waals surface area contributed by atoms with E-state index in [2.05, 4.69) is 20.9 Å². The molecule has 0 bridgehead atoms. The lowest BCUT2D eigenvalue weighted by molar-refractivity contribution is 0.255. The van der Waals surface area contributed by atoms with Gasteiger partial charge in [0.25, 0.3) is 0 Å². The highest BCUT2D eigenvalue weighted by molar-refractivity contribution is 6.03. The second kappa shape index (κ2) is 6.99. The van der Waals surface area contributed by atoms with Crippen LogP contribution in [0.25, 0.3) is 0 Å². The molecule has 0 saturated heterocycles. The molecule has 1 aliphatic heterocycles. The van der Waals surface area contributed by atoms with E-state index < -0.39 is 0 Å². The van der Waals surface area contributed by atoms with Crippen molar-refractivity contribution in [2.75, 3.05) is 18.4 Å². The molecule has 19 heavy (non-hydrogen) atoms. The number of halogens is 1. The van der Waals surface area contributed by atoms with Crippen LogP contribution in [0.2, 0.25) is 0 Å². The minimum atomic E-state index is -0.263. The predicted molar refractivity (Wildman–Crippen MR) is 80.2 cm³/mol. The van der Waals surface area contributed by atoms with Crippen molar-refractivity contribution >= 4 is 30.1 Å². The van der Waals surface area contributed by atoms with Crippen molar-refractivity contribution in [3.05, 3.63) is 29.3 Å². The number of hydrogen-bond donors (Lipinski definition) is 3. The molecular formula is C13H19ClN4O. The van der Waals surface area contributed by atoms with Crippen LogP contribution in [0.3, 0.4) is 0 Å². The number of nitrogens with zero attached hydrogens (tertiary/aromatic N) is 1. The van der Waals surface area contributed by atoms with E-state index in [4.69, 9.17) is 0 Å². The monoisotopic (exact) mass is 282 g/mol. The summed E-state index contributed by atoms with van der Waals surface area (Å²) < 4.78 is 0. The van der Waals surface area contributed by atoms with Gasteiger partial charge in [0.2, 0.25) is 0 Å². The molecule has 2 amide bonds. The molecule has 1 aliphatic rings. The number of para-hydroxylation sites is 1. The Balaban J connectivity index is 0.00000180. The molecule has 0 aliphatic carbocycles. The van der Waals surface area contributed by atoms with Crippen LogP contribution in [0.15, 0.2) is 23.2 Å². The number of carbonyl (C=O) groups excluding carboxylic acids is 1. The van der Waals surface area contributed by atoms with Crippen molar-refractivity contribution in [3.8, 4) is 0 Å². The number of anilines is 1. The fourth-order valence-corrected chi connectivity index (χ4v) is 1.88. The van der Waals surface area contributed by atoms with Crippen LogP contribution < -0.4 is 16.0 Å². The van der Waals surface area contributed by atoms with Gasteiger partial charge >= 0.3 is 6.03 Å². The molecule has 0 saturated carbocycles. The fourth-order valence-electron chi connectivity index (χ4n) is 1.88. The number of hydrogen-bond acceptors (Lipinski definition) is 3. The molecule has 1 aromatic carbocycles. The SMILES string of the molecule is Cc1cccc(C)c1NC(=O)NC1=NCCCN1.Cl. The number of nitrogens with one attached hydrogen (secondary N) is 3. The van der Waals surface area contributed by atoms with Gasteiger partial charge in [-0.1, -0.05) is 18.2 Å². The zero-order chi connectivity index (χ0) is 13.0. The largest absolute Gasteiger partial charge is 0.356 e. The number of aliphatic imine (C=N–C) groups is 1. The predicted octanol–water partition coefficient (Wildman–Crippen LogP) is 2.20. The number of urea groups is 1. The molecule has 5 nitrogen and oxygen atoms in total. The van der Waals surface area contributed by atoms with Gasteiger partial charge in [0.1, 0.15) is 0 Å². The molecule has 2 rings (SSSR count). The first-order valence-corrected chi connectivity index (χ1v) is 6.09. The minimum absolute atomic E-state index is 0. The third kappa shape index (κ3) is 4.13. The van der Waals surface area contributed by atoms with E-state index in [0.29, 0.717) is 5.96 Å². The second-order valence-corrected chi connectivity index (χ2v) is 4.36. The summed E-state index contributed by atoms with van der Waals surface area (Å²) in [7, 11) is 0. The maximum atomic E-state index is 11.8. The van der Waals surface area contributed by atoms with Crippen LogP contribution in [0.5, 0.6) is 0 Å². The first kappa shape index (κ1) is 15.3. The van der Waals surface area contributed by atoms with Crippen LogP contribution in [0, 0.1) is 13.8 Å². The van der Waals surface area contributed by atoms with Gasteiger partial charge in [0.15, 0.2) is 5.96 Å². The van der Waals surface area contributed by atoms with Crippen LogP contribution >= 0.6 is 12.4 Å². The van der Waals surface area contributed by atoms with Crippen molar-refractivity contribution in [3.63, 3.8) is 0 Å². The molecule has 6 heteroatoms. The van der Waals surface area contributed by atoms with Gasteiger partial charge in [-0.3, -0.25) is 10.3 Å². The summed E-state index contributed by atoms with van der Waals surface area (Å²) in [6.45, 7) is 5.55. The summed E-state index contributed by atoms with van der Waals surface area (Å²) in [6, 6.07) is 5.65. The van der Waals surface area contributed by atoms with Gasteiger partial charge in [0.05, 0.1) is 0 Å². The Morgan fingerprint density at radius 1 is 1.26 bits per heavy atom. The van der Waals surface area contributed by atoms with Crippen molar-refractivity contribution in [2.45, 2.75) is 20.3 Å². The molecule has 0 aromatic heterocycles. The van der Waals surface area contributed by atoms with E-state index in [-0.39, 0.29) is 18.4 Å². The number of guanidine groups is 1. The molecule has 0 spiro atoms. The Hall–Kier alpha value is -1.75. The first-order chi connectivity index (χ1) is 8.66. The van der Waals surface area contributed by atoms with E-state index in [9.17, 15) is 4.79 Å². The van der Waals surface area contributed by atoms with Gasteiger partial charge in [-0.25, -0.2) is 4.79 Å². The van der Waals surface area contributed by atoms with Crippen molar-refractivity contribution in [1.82, 2.24) is 10.6 Å². The second-order valence-electron chi connectivity index (χ2n) is 4.36. The molecule has 0 unspecified atom stereocenters. The van der Waals surface area contributed by atoms with E-state index in [1.165, 1.54) is 0 Å². The summed E-state index contributed by atoms with van der Waals surface area (Å²) in [5.74, 6) is 0.546. The molecule has 3 N–H and O–H groups in total. The molecule has 0 atom stereocenters.